The zero-order valence-corrected chi connectivity index (χ0v) is 18.5. The van der Waals surface area contributed by atoms with Gasteiger partial charge in [0, 0.05) is 38.8 Å². The van der Waals surface area contributed by atoms with E-state index >= 15 is 0 Å². The van der Waals surface area contributed by atoms with Gasteiger partial charge in [0.25, 0.3) is 10.0 Å². The van der Waals surface area contributed by atoms with Crippen LogP contribution in [0.25, 0.3) is 0 Å². The van der Waals surface area contributed by atoms with Crippen LogP contribution in [0.1, 0.15) is 33.1 Å². The molecule has 1 aromatic rings. The highest BCUT2D eigenvalue weighted by atomic mass is 79.9. The summed E-state index contributed by atoms with van der Waals surface area (Å²) < 4.78 is 33.3. The van der Waals surface area contributed by atoms with Gasteiger partial charge in [0.15, 0.2) is 0 Å². The van der Waals surface area contributed by atoms with Crippen LogP contribution in [0.3, 0.4) is 0 Å². The number of nitrogens with one attached hydrogen (secondary N) is 1. The number of thiophene rings is 1. The Hall–Kier alpha value is -0.480. The first kappa shape index (κ1) is 21.8. The molecule has 1 fully saturated rings. The monoisotopic (exact) mass is 466 g/mol. The Balaban J connectivity index is 1.81. The first-order valence-electron chi connectivity index (χ1n) is 8.97. The van der Waals surface area contributed by atoms with E-state index in [9.17, 15) is 13.2 Å². The van der Waals surface area contributed by atoms with Gasteiger partial charge in [0.1, 0.15) is 4.21 Å². The van der Waals surface area contributed by atoms with Crippen LogP contribution in [0.4, 0.5) is 0 Å². The van der Waals surface area contributed by atoms with Crippen molar-refractivity contribution in [3.8, 4) is 0 Å². The highest BCUT2D eigenvalue weighted by Crippen LogP contribution is 2.32. The summed E-state index contributed by atoms with van der Waals surface area (Å²) in [7, 11) is -3.43. The number of hydrogen-bond donors (Lipinski definition) is 1. The van der Waals surface area contributed by atoms with Gasteiger partial charge in [-0.05, 0) is 60.2 Å². The molecule has 0 spiro atoms. The second-order valence-corrected chi connectivity index (χ2v) is 11.1. The molecule has 148 valence electrons. The zero-order valence-electron chi connectivity index (χ0n) is 15.2. The number of piperidine rings is 1. The largest absolute Gasteiger partial charge is 0.382 e. The van der Waals surface area contributed by atoms with Crippen molar-refractivity contribution in [3.63, 3.8) is 0 Å². The lowest BCUT2D eigenvalue weighted by Crippen LogP contribution is -2.42. The fourth-order valence-electron chi connectivity index (χ4n) is 3.08. The molecule has 0 unspecified atom stereocenters. The van der Waals surface area contributed by atoms with E-state index < -0.39 is 10.0 Å². The number of nitrogens with zero attached hydrogens (tertiary/aromatic N) is 1. The van der Waals surface area contributed by atoms with Crippen molar-refractivity contribution in [2.75, 3.05) is 32.8 Å². The average Bonchev–Trinajstić information content (AvgIpc) is 3.08. The van der Waals surface area contributed by atoms with Crippen LogP contribution in [-0.4, -0.2) is 51.5 Å². The van der Waals surface area contributed by atoms with Gasteiger partial charge in [-0.3, -0.25) is 4.79 Å². The molecule has 2 rings (SSSR count). The fourth-order valence-corrected chi connectivity index (χ4v) is 6.72. The molecule has 0 aromatic carbocycles. The number of amides is 1. The van der Waals surface area contributed by atoms with Crippen molar-refractivity contribution in [1.29, 1.82) is 0 Å². The van der Waals surface area contributed by atoms with Gasteiger partial charge in [-0.15, -0.1) is 11.3 Å². The number of rotatable bonds is 9. The van der Waals surface area contributed by atoms with E-state index in [4.69, 9.17) is 4.74 Å². The van der Waals surface area contributed by atoms with Gasteiger partial charge in [-0.1, -0.05) is 6.92 Å². The van der Waals surface area contributed by atoms with Gasteiger partial charge >= 0.3 is 0 Å². The average molecular weight is 467 g/mol. The van der Waals surface area contributed by atoms with Crippen molar-refractivity contribution < 1.29 is 17.9 Å². The molecule has 6 nitrogen and oxygen atoms in total. The molecular weight excluding hydrogens is 440 g/mol. The van der Waals surface area contributed by atoms with Crippen LogP contribution in [0.5, 0.6) is 0 Å². The van der Waals surface area contributed by atoms with Crippen LogP contribution in [0, 0.1) is 11.8 Å². The van der Waals surface area contributed by atoms with Gasteiger partial charge in [0.2, 0.25) is 5.91 Å². The van der Waals surface area contributed by atoms with Crippen molar-refractivity contribution in [2.45, 2.75) is 37.3 Å². The first-order chi connectivity index (χ1) is 12.4. The van der Waals surface area contributed by atoms with E-state index in [1.807, 2.05) is 13.8 Å². The minimum absolute atomic E-state index is 0.0463. The van der Waals surface area contributed by atoms with E-state index in [1.54, 1.807) is 12.1 Å². The third-order valence-corrected chi connectivity index (χ3v) is 8.72. The second-order valence-electron chi connectivity index (χ2n) is 6.43. The molecule has 1 aliphatic heterocycles. The predicted molar refractivity (Wildman–Crippen MR) is 107 cm³/mol. The van der Waals surface area contributed by atoms with Crippen LogP contribution in [0.2, 0.25) is 0 Å². The van der Waals surface area contributed by atoms with Crippen LogP contribution in [-0.2, 0) is 19.6 Å². The smallest absolute Gasteiger partial charge is 0.252 e. The molecule has 1 amide bonds. The standard InChI is InChI=1S/C17H27BrN2O4S2/c1-3-24-12-4-9-19-17(21)13(2)14-7-10-20(11-8-14)26(22,23)16-6-5-15(18)25-16/h5-6,13-14H,3-4,7-12H2,1-2H3,(H,19,21)/t13-/m0/s1. The Bertz CT molecular complexity index is 685. The maximum atomic E-state index is 12.7. The maximum absolute atomic E-state index is 12.7. The molecule has 0 saturated carbocycles. The molecule has 2 heterocycles. The van der Waals surface area contributed by atoms with Crippen LogP contribution in [0.15, 0.2) is 20.1 Å². The van der Waals surface area contributed by atoms with Gasteiger partial charge in [-0.25, -0.2) is 8.42 Å². The maximum Gasteiger partial charge on any atom is 0.252 e. The minimum atomic E-state index is -3.43. The summed E-state index contributed by atoms with van der Waals surface area (Å²) in [6.45, 7) is 6.76. The number of ether oxygens (including phenoxy) is 1. The molecule has 26 heavy (non-hydrogen) atoms. The molecular formula is C17H27BrN2O4S2. The summed E-state index contributed by atoms with van der Waals surface area (Å²) in [6, 6.07) is 3.39. The highest BCUT2D eigenvalue weighted by Gasteiger charge is 2.33. The molecule has 9 heteroatoms. The lowest BCUT2D eigenvalue weighted by Gasteiger charge is -2.33. The SMILES string of the molecule is CCOCCCNC(=O)[C@@H](C)C1CCN(S(=O)(=O)c2ccc(Br)s2)CC1. The quantitative estimate of drug-likeness (QED) is 0.567. The van der Waals surface area contributed by atoms with Crippen molar-refractivity contribution >= 4 is 43.2 Å². The van der Waals surface area contributed by atoms with Crippen molar-refractivity contribution in [2.24, 2.45) is 11.8 Å². The number of sulfonamides is 1. The van der Waals surface area contributed by atoms with Gasteiger partial charge < -0.3 is 10.1 Å². The minimum Gasteiger partial charge on any atom is -0.382 e. The van der Waals surface area contributed by atoms with E-state index in [1.165, 1.54) is 15.6 Å². The molecule has 0 bridgehead atoms. The Labute approximate surface area is 168 Å². The molecule has 0 aliphatic carbocycles. The zero-order chi connectivity index (χ0) is 19.2. The number of carbonyl (C=O) groups is 1. The Morgan fingerprint density at radius 1 is 1.42 bits per heavy atom. The molecule has 1 atom stereocenters. The summed E-state index contributed by atoms with van der Waals surface area (Å²) in [5, 5.41) is 2.95. The summed E-state index contributed by atoms with van der Waals surface area (Å²) in [5.41, 5.74) is 0. The lowest BCUT2D eigenvalue weighted by atomic mass is 9.85. The predicted octanol–water partition coefficient (Wildman–Crippen LogP) is 3.09. The van der Waals surface area contributed by atoms with Crippen molar-refractivity contribution in [1.82, 2.24) is 9.62 Å². The van der Waals surface area contributed by atoms with Gasteiger partial charge in [-0.2, -0.15) is 4.31 Å². The van der Waals surface area contributed by atoms with E-state index in [0.717, 1.165) is 10.2 Å². The molecule has 1 aromatic heterocycles. The second kappa shape index (κ2) is 10.2. The lowest BCUT2D eigenvalue weighted by molar-refractivity contribution is -0.126. The summed E-state index contributed by atoms with van der Waals surface area (Å²) >= 11 is 4.54. The topological polar surface area (TPSA) is 75.7 Å². The Morgan fingerprint density at radius 3 is 2.69 bits per heavy atom. The normalized spacial score (nSPS) is 18.0. The van der Waals surface area contributed by atoms with E-state index in [0.29, 0.717) is 49.9 Å². The molecule has 1 aliphatic rings. The van der Waals surface area contributed by atoms with Crippen LogP contribution < -0.4 is 5.32 Å². The Morgan fingerprint density at radius 2 is 2.12 bits per heavy atom. The molecule has 1 N–H and O–H groups in total. The van der Waals surface area contributed by atoms with Crippen molar-refractivity contribution in [3.05, 3.63) is 15.9 Å². The number of carbonyl (C=O) groups excluding carboxylic acids is 1. The van der Waals surface area contributed by atoms with E-state index in [-0.39, 0.29) is 17.7 Å². The van der Waals surface area contributed by atoms with Crippen LogP contribution >= 0.6 is 27.3 Å². The van der Waals surface area contributed by atoms with E-state index in [2.05, 4.69) is 21.2 Å². The molecule has 0 radical (unpaired) electrons. The first-order valence-corrected chi connectivity index (χ1v) is 12.0. The summed E-state index contributed by atoms with van der Waals surface area (Å²) in [4.78, 5) is 12.3. The molecule has 1 saturated heterocycles. The third-order valence-electron chi connectivity index (χ3n) is 4.73. The number of halogens is 1. The number of hydrogen-bond acceptors (Lipinski definition) is 5. The third kappa shape index (κ3) is 5.76. The Kier molecular flexibility index (Phi) is 8.53. The fraction of sp³-hybridized carbons (Fsp3) is 0.706. The summed E-state index contributed by atoms with van der Waals surface area (Å²) in [5.74, 6) is 0.149. The summed E-state index contributed by atoms with van der Waals surface area (Å²) in [6.07, 6.45) is 2.22. The highest BCUT2D eigenvalue weighted by molar-refractivity contribution is 9.11. The van der Waals surface area contributed by atoms with Gasteiger partial charge in [0.05, 0.1) is 3.79 Å².